The number of hydrogen-bond donors (Lipinski definition) is 2. The van der Waals surface area contributed by atoms with Crippen LogP contribution >= 0.6 is 0 Å². The van der Waals surface area contributed by atoms with Crippen LogP contribution in [0.1, 0.15) is 33.4 Å². The van der Waals surface area contributed by atoms with Crippen molar-refractivity contribution in [2.24, 2.45) is 0 Å². The minimum Gasteiger partial charge on any atom is -0.388 e. The van der Waals surface area contributed by atoms with Crippen molar-refractivity contribution in [2.75, 3.05) is 6.61 Å². The molecule has 1 fully saturated rings. The summed E-state index contributed by atoms with van der Waals surface area (Å²) in [5, 5.41) is 23.9. The predicted octanol–water partition coefficient (Wildman–Crippen LogP) is 7.83. The first kappa shape index (κ1) is 37.4. The minimum absolute atomic E-state index is 0.164. The van der Waals surface area contributed by atoms with E-state index in [-0.39, 0.29) is 26.4 Å². The lowest BCUT2D eigenvalue weighted by Gasteiger charge is -2.46. The first-order valence-corrected chi connectivity index (χ1v) is 18.4. The van der Waals surface area contributed by atoms with Crippen molar-refractivity contribution in [1.29, 1.82) is 0 Å². The molecule has 6 atom stereocenters. The fraction of sp³-hybridized carbons (Fsp3) is 0.234. The standard InChI is InChI=1S/C47H46O7/c48-41(34-53-47(38-25-13-4-14-26-38,39-27-15-5-16-28-39)40-29-17-6-18-30-40)42-43(50-31-35-19-7-1-8-20-35)44(51-32-36-21-9-2-10-22-36)45(46(49)54-42)52-33-37-23-11-3-12-24-37/h1-30,41-46,48-49H,31-34H2/t41?,42-,43-,44+,45+,46+/m1/s1. The smallest absolute Gasteiger partial charge is 0.184 e. The van der Waals surface area contributed by atoms with Gasteiger partial charge in [0.15, 0.2) is 6.29 Å². The van der Waals surface area contributed by atoms with Gasteiger partial charge in [-0.15, -0.1) is 0 Å². The third-order valence-electron chi connectivity index (χ3n) is 9.80. The Balaban J connectivity index is 1.23. The van der Waals surface area contributed by atoms with Crippen LogP contribution in [-0.4, -0.2) is 53.6 Å². The van der Waals surface area contributed by atoms with E-state index < -0.39 is 42.4 Å². The Hall–Kier alpha value is -4.96. The van der Waals surface area contributed by atoms with Crippen LogP contribution in [0.25, 0.3) is 0 Å². The second-order valence-electron chi connectivity index (χ2n) is 13.4. The number of ether oxygens (including phenoxy) is 5. The second-order valence-corrected chi connectivity index (χ2v) is 13.4. The summed E-state index contributed by atoms with van der Waals surface area (Å²) in [6.45, 7) is 0.496. The number of aliphatic hydroxyl groups is 2. The fourth-order valence-corrected chi connectivity index (χ4v) is 7.09. The molecule has 1 heterocycles. The van der Waals surface area contributed by atoms with E-state index in [1.54, 1.807) is 0 Å². The molecule has 6 aromatic rings. The number of benzene rings is 6. The molecule has 6 aromatic carbocycles. The lowest BCUT2D eigenvalue weighted by atomic mass is 9.80. The van der Waals surface area contributed by atoms with Crippen LogP contribution < -0.4 is 0 Å². The molecule has 0 amide bonds. The van der Waals surface area contributed by atoms with E-state index in [1.807, 2.05) is 182 Å². The van der Waals surface area contributed by atoms with Crippen molar-refractivity contribution in [3.8, 4) is 0 Å². The third-order valence-corrected chi connectivity index (χ3v) is 9.80. The molecule has 0 bridgehead atoms. The zero-order valence-electron chi connectivity index (χ0n) is 30.0. The highest BCUT2D eigenvalue weighted by atomic mass is 16.7. The molecule has 1 saturated heterocycles. The molecule has 0 saturated carbocycles. The van der Waals surface area contributed by atoms with Gasteiger partial charge in [-0.05, 0) is 33.4 Å². The summed E-state index contributed by atoms with van der Waals surface area (Å²) in [7, 11) is 0. The zero-order chi connectivity index (χ0) is 37.0. The molecule has 2 N–H and O–H groups in total. The lowest BCUT2D eigenvalue weighted by Crippen LogP contribution is -2.63. The highest BCUT2D eigenvalue weighted by molar-refractivity contribution is 5.47. The molecule has 0 aromatic heterocycles. The largest absolute Gasteiger partial charge is 0.388 e. The summed E-state index contributed by atoms with van der Waals surface area (Å²) in [5.74, 6) is 0. The van der Waals surface area contributed by atoms with Crippen LogP contribution in [0.4, 0.5) is 0 Å². The van der Waals surface area contributed by atoms with Crippen molar-refractivity contribution in [3.05, 3.63) is 215 Å². The average molecular weight is 723 g/mol. The first-order valence-electron chi connectivity index (χ1n) is 18.4. The summed E-state index contributed by atoms with van der Waals surface area (Å²) >= 11 is 0. The zero-order valence-corrected chi connectivity index (χ0v) is 30.0. The fourth-order valence-electron chi connectivity index (χ4n) is 7.09. The molecule has 1 aliphatic heterocycles. The average Bonchev–Trinajstić information content (AvgIpc) is 3.24. The summed E-state index contributed by atoms with van der Waals surface area (Å²) in [6.07, 6.45) is -6.38. The Morgan fingerprint density at radius 1 is 0.463 bits per heavy atom. The van der Waals surface area contributed by atoms with Crippen LogP contribution in [-0.2, 0) is 49.1 Å². The summed E-state index contributed by atoms with van der Waals surface area (Å²) in [5.41, 5.74) is 4.43. The van der Waals surface area contributed by atoms with Gasteiger partial charge >= 0.3 is 0 Å². The van der Waals surface area contributed by atoms with Gasteiger partial charge in [-0.3, -0.25) is 0 Å². The maximum atomic E-state index is 12.2. The van der Waals surface area contributed by atoms with E-state index >= 15 is 0 Å². The van der Waals surface area contributed by atoms with E-state index in [2.05, 4.69) is 0 Å². The second kappa shape index (κ2) is 18.4. The Morgan fingerprint density at radius 3 is 1.19 bits per heavy atom. The van der Waals surface area contributed by atoms with Crippen LogP contribution in [0.15, 0.2) is 182 Å². The van der Waals surface area contributed by atoms with Gasteiger partial charge in [0, 0.05) is 0 Å². The summed E-state index contributed by atoms with van der Waals surface area (Å²) in [6, 6.07) is 59.3. The Labute approximate surface area is 317 Å². The monoisotopic (exact) mass is 722 g/mol. The normalized spacial score (nSPS) is 20.7. The molecular formula is C47H46O7. The maximum Gasteiger partial charge on any atom is 0.184 e. The van der Waals surface area contributed by atoms with Crippen molar-refractivity contribution < 1.29 is 33.9 Å². The van der Waals surface area contributed by atoms with E-state index in [0.717, 1.165) is 33.4 Å². The van der Waals surface area contributed by atoms with Crippen LogP contribution in [0.3, 0.4) is 0 Å². The van der Waals surface area contributed by atoms with Gasteiger partial charge in [0.25, 0.3) is 0 Å². The maximum absolute atomic E-state index is 12.2. The van der Waals surface area contributed by atoms with Gasteiger partial charge in [-0.1, -0.05) is 182 Å². The molecule has 0 aliphatic carbocycles. The molecule has 1 unspecified atom stereocenters. The lowest BCUT2D eigenvalue weighted by molar-refractivity contribution is -0.326. The number of rotatable bonds is 16. The Morgan fingerprint density at radius 2 is 0.796 bits per heavy atom. The Bertz CT molecular complexity index is 1850. The van der Waals surface area contributed by atoms with Gasteiger partial charge in [-0.2, -0.15) is 0 Å². The van der Waals surface area contributed by atoms with Gasteiger partial charge in [0.1, 0.15) is 36.1 Å². The molecule has 7 nitrogen and oxygen atoms in total. The van der Waals surface area contributed by atoms with Gasteiger partial charge < -0.3 is 33.9 Å². The summed E-state index contributed by atoms with van der Waals surface area (Å²) < 4.78 is 33.0. The quantitative estimate of drug-likeness (QED) is 0.0986. The van der Waals surface area contributed by atoms with E-state index in [4.69, 9.17) is 23.7 Å². The van der Waals surface area contributed by atoms with Crippen LogP contribution in [0.2, 0.25) is 0 Å². The highest BCUT2D eigenvalue weighted by Crippen LogP contribution is 2.41. The third kappa shape index (κ3) is 8.87. The van der Waals surface area contributed by atoms with Crippen molar-refractivity contribution in [2.45, 2.75) is 62.2 Å². The van der Waals surface area contributed by atoms with Gasteiger partial charge in [0.05, 0.1) is 26.4 Å². The van der Waals surface area contributed by atoms with Crippen LogP contribution in [0, 0.1) is 0 Å². The molecule has 7 rings (SSSR count). The van der Waals surface area contributed by atoms with Gasteiger partial charge in [0.2, 0.25) is 0 Å². The molecule has 0 spiro atoms. The molecule has 276 valence electrons. The van der Waals surface area contributed by atoms with E-state index in [9.17, 15) is 10.2 Å². The molecule has 7 heteroatoms. The van der Waals surface area contributed by atoms with E-state index in [1.165, 1.54) is 0 Å². The molecule has 54 heavy (non-hydrogen) atoms. The minimum atomic E-state index is -1.44. The predicted molar refractivity (Wildman–Crippen MR) is 207 cm³/mol. The van der Waals surface area contributed by atoms with Crippen molar-refractivity contribution in [1.82, 2.24) is 0 Å². The highest BCUT2D eigenvalue weighted by Gasteiger charge is 2.51. The molecular weight excluding hydrogens is 677 g/mol. The number of hydrogen-bond acceptors (Lipinski definition) is 7. The van der Waals surface area contributed by atoms with Gasteiger partial charge in [-0.25, -0.2) is 0 Å². The molecule has 0 radical (unpaired) electrons. The van der Waals surface area contributed by atoms with E-state index in [0.29, 0.717) is 0 Å². The van der Waals surface area contributed by atoms with Crippen molar-refractivity contribution in [3.63, 3.8) is 0 Å². The first-order chi connectivity index (χ1) is 26.6. The topological polar surface area (TPSA) is 86.6 Å². The molecule has 1 aliphatic rings. The van der Waals surface area contributed by atoms with Crippen molar-refractivity contribution >= 4 is 0 Å². The Kier molecular flexibility index (Phi) is 12.7. The van der Waals surface area contributed by atoms with Crippen LogP contribution in [0.5, 0.6) is 0 Å². The number of aliphatic hydroxyl groups excluding tert-OH is 2. The summed E-state index contributed by atoms with van der Waals surface area (Å²) in [4.78, 5) is 0. The SMILES string of the molecule is OC(COC(c1ccccc1)(c1ccccc1)c1ccccc1)[C@H]1O[C@H](O)[C@@H](OCc2ccccc2)[C@@H](OCc2ccccc2)[C@@H]1OCc1ccccc1.